The Balaban J connectivity index is 2.32. The van der Waals surface area contributed by atoms with Crippen LogP contribution in [0.4, 0.5) is 0 Å². The van der Waals surface area contributed by atoms with Gasteiger partial charge in [-0.3, -0.25) is 4.79 Å². The van der Waals surface area contributed by atoms with Crippen molar-refractivity contribution in [1.82, 2.24) is 4.98 Å². The molecule has 0 aliphatic carbocycles. The minimum absolute atomic E-state index is 0.0282. The van der Waals surface area contributed by atoms with Gasteiger partial charge >= 0.3 is 0 Å². The monoisotopic (exact) mass is 355 g/mol. The first kappa shape index (κ1) is 15.0. The van der Waals surface area contributed by atoms with Crippen molar-refractivity contribution in [2.45, 2.75) is 13.3 Å². The SMILES string of the molecule is COc1ccc(C(=O)Cc2nc(C)cs2)c(OC)c1Br. The van der Waals surface area contributed by atoms with Gasteiger partial charge in [0.25, 0.3) is 0 Å². The van der Waals surface area contributed by atoms with Gasteiger partial charge in [-0.15, -0.1) is 11.3 Å². The third kappa shape index (κ3) is 3.02. The number of hydrogen-bond donors (Lipinski definition) is 0. The van der Waals surface area contributed by atoms with Crippen LogP contribution in [0.3, 0.4) is 0 Å². The third-order valence-corrected chi connectivity index (χ3v) is 4.48. The highest BCUT2D eigenvalue weighted by molar-refractivity contribution is 9.10. The van der Waals surface area contributed by atoms with E-state index < -0.39 is 0 Å². The molecule has 20 heavy (non-hydrogen) atoms. The number of Topliss-reactive ketones (excluding diaryl/α,β-unsaturated/α-hetero) is 1. The van der Waals surface area contributed by atoms with Gasteiger partial charge in [-0.1, -0.05) is 0 Å². The van der Waals surface area contributed by atoms with E-state index in [0.717, 1.165) is 10.7 Å². The molecule has 0 N–H and O–H groups in total. The molecule has 6 heteroatoms. The molecule has 1 aromatic heterocycles. The second kappa shape index (κ2) is 6.37. The number of benzene rings is 1. The summed E-state index contributed by atoms with van der Waals surface area (Å²) in [6.45, 7) is 1.91. The van der Waals surface area contributed by atoms with Gasteiger partial charge < -0.3 is 9.47 Å². The number of thiazole rings is 1. The summed E-state index contributed by atoms with van der Waals surface area (Å²) in [6.07, 6.45) is 0.271. The van der Waals surface area contributed by atoms with Crippen LogP contribution in [0.2, 0.25) is 0 Å². The Bertz CT molecular complexity index is 639. The van der Waals surface area contributed by atoms with Crippen molar-refractivity contribution < 1.29 is 14.3 Å². The summed E-state index contributed by atoms with van der Waals surface area (Å²) in [4.78, 5) is 16.7. The maximum atomic E-state index is 12.4. The highest BCUT2D eigenvalue weighted by atomic mass is 79.9. The Morgan fingerprint density at radius 2 is 2.10 bits per heavy atom. The molecule has 1 aromatic carbocycles. The van der Waals surface area contributed by atoms with Crippen LogP contribution in [-0.2, 0) is 6.42 Å². The Labute approximate surface area is 129 Å². The first-order valence-corrected chi connectivity index (χ1v) is 7.58. The average Bonchev–Trinajstić information content (AvgIpc) is 2.83. The van der Waals surface area contributed by atoms with Crippen molar-refractivity contribution in [2.24, 2.45) is 0 Å². The average molecular weight is 356 g/mol. The lowest BCUT2D eigenvalue weighted by molar-refractivity contribution is 0.0990. The minimum Gasteiger partial charge on any atom is -0.495 e. The lowest BCUT2D eigenvalue weighted by Gasteiger charge is -2.12. The number of hydrogen-bond acceptors (Lipinski definition) is 5. The van der Waals surface area contributed by atoms with Gasteiger partial charge in [-0.05, 0) is 35.0 Å². The van der Waals surface area contributed by atoms with Crippen molar-refractivity contribution in [2.75, 3.05) is 14.2 Å². The van der Waals surface area contributed by atoms with E-state index in [1.165, 1.54) is 18.4 Å². The molecule has 2 rings (SSSR count). The van der Waals surface area contributed by atoms with Crippen LogP contribution in [0, 0.1) is 6.92 Å². The summed E-state index contributed by atoms with van der Waals surface area (Å²) in [5, 5.41) is 2.74. The molecule has 0 unspecified atom stereocenters. The summed E-state index contributed by atoms with van der Waals surface area (Å²) < 4.78 is 11.2. The van der Waals surface area contributed by atoms with Crippen molar-refractivity contribution in [3.63, 3.8) is 0 Å². The standard InChI is InChI=1S/C14H14BrNO3S/c1-8-7-20-12(16-8)6-10(17)9-4-5-11(18-2)13(15)14(9)19-3/h4-5,7H,6H2,1-3H3. The minimum atomic E-state index is -0.0282. The van der Waals surface area contributed by atoms with E-state index in [4.69, 9.17) is 9.47 Å². The van der Waals surface area contributed by atoms with Crippen LogP contribution in [0.1, 0.15) is 21.1 Å². The number of carbonyl (C=O) groups excluding carboxylic acids is 1. The van der Waals surface area contributed by atoms with E-state index >= 15 is 0 Å². The molecular formula is C14H14BrNO3S. The second-order valence-electron chi connectivity index (χ2n) is 4.15. The van der Waals surface area contributed by atoms with Crippen LogP contribution in [0.25, 0.3) is 0 Å². The fourth-order valence-electron chi connectivity index (χ4n) is 1.83. The molecule has 2 aromatic rings. The van der Waals surface area contributed by atoms with Crippen molar-refractivity contribution in [3.05, 3.63) is 38.3 Å². The summed E-state index contributed by atoms with van der Waals surface area (Å²) >= 11 is 4.88. The fraction of sp³-hybridized carbons (Fsp3) is 0.286. The van der Waals surface area contributed by atoms with E-state index in [1.54, 1.807) is 19.2 Å². The molecule has 0 saturated heterocycles. The fourth-order valence-corrected chi connectivity index (χ4v) is 3.27. The van der Waals surface area contributed by atoms with E-state index in [-0.39, 0.29) is 12.2 Å². The highest BCUT2D eigenvalue weighted by Crippen LogP contribution is 2.37. The first-order chi connectivity index (χ1) is 9.56. The molecule has 0 bridgehead atoms. The van der Waals surface area contributed by atoms with Gasteiger partial charge in [0.15, 0.2) is 5.78 Å². The maximum Gasteiger partial charge on any atom is 0.173 e. The normalized spacial score (nSPS) is 10.4. The molecule has 0 saturated carbocycles. The summed E-state index contributed by atoms with van der Waals surface area (Å²) in [5.74, 6) is 1.09. The van der Waals surface area contributed by atoms with Crippen molar-refractivity contribution in [1.29, 1.82) is 0 Å². The molecule has 4 nitrogen and oxygen atoms in total. The van der Waals surface area contributed by atoms with Gasteiger partial charge in [0.1, 0.15) is 21.0 Å². The number of nitrogens with zero attached hydrogens (tertiary/aromatic N) is 1. The third-order valence-electron chi connectivity index (χ3n) is 2.76. The van der Waals surface area contributed by atoms with E-state index in [2.05, 4.69) is 20.9 Å². The zero-order valence-electron chi connectivity index (χ0n) is 11.4. The van der Waals surface area contributed by atoms with E-state index in [1.807, 2.05) is 12.3 Å². The van der Waals surface area contributed by atoms with Crippen LogP contribution in [0.5, 0.6) is 11.5 Å². The van der Waals surface area contributed by atoms with Gasteiger partial charge in [0, 0.05) is 11.1 Å². The molecule has 0 atom stereocenters. The number of carbonyl (C=O) groups is 1. The van der Waals surface area contributed by atoms with Gasteiger partial charge in [0.2, 0.25) is 0 Å². The number of ether oxygens (including phenoxy) is 2. The molecule has 0 aliphatic heterocycles. The predicted octanol–water partition coefficient (Wildman–Crippen LogP) is 3.66. The number of rotatable bonds is 5. The maximum absolute atomic E-state index is 12.4. The zero-order chi connectivity index (χ0) is 14.7. The van der Waals surface area contributed by atoms with E-state index in [9.17, 15) is 4.79 Å². The van der Waals surface area contributed by atoms with E-state index in [0.29, 0.717) is 21.5 Å². The number of aryl methyl sites for hydroxylation is 1. The van der Waals surface area contributed by atoms with Crippen LogP contribution in [-0.4, -0.2) is 25.0 Å². The molecule has 0 radical (unpaired) electrons. The lowest BCUT2D eigenvalue weighted by Crippen LogP contribution is -2.06. The van der Waals surface area contributed by atoms with Gasteiger partial charge in [0.05, 0.1) is 26.2 Å². The predicted molar refractivity (Wildman–Crippen MR) is 82.1 cm³/mol. The number of halogens is 1. The van der Waals surface area contributed by atoms with Crippen LogP contribution >= 0.6 is 27.3 Å². The van der Waals surface area contributed by atoms with Crippen molar-refractivity contribution in [3.8, 4) is 11.5 Å². The van der Waals surface area contributed by atoms with Crippen LogP contribution in [0.15, 0.2) is 22.0 Å². The van der Waals surface area contributed by atoms with Crippen molar-refractivity contribution >= 4 is 33.0 Å². The number of ketones is 1. The Kier molecular flexibility index (Phi) is 4.77. The number of methoxy groups -OCH3 is 2. The van der Waals surface area contributed by atoms with Gasteiger partial charge in [-0.2, -0.15) is 0 Å². The Hall–Kier alpha value is -1.40. The Morgan fingerprint density at radius 3 is 2.65 bits per heavy atom. The lowest BCUT2D eigenvalue weighted by atomic mass is 10.1. The topological polar surface area (TPSA) is 48.4 Å². The molecular weight excluding hydrogens is 342 g/mol. The molecule has 0 amide bonds. The largest absolute Gasteiger partial charge is 0.495 e. The molecule has 0 aliphatic rings. The smallest absolute Gasteiger partial charge is 0.173 e. The molecule has 106 valence electrons. The first-order valence-electron chi connectivity index (χ1n) is 5.91. The number of aromatic nitrogens is 1. The second-order valence-corrected chi connectivity index (χ2v) is 5.88. The highest BCUT2D eigenvalue weighted by Gasteiger charge is 2.19. The molecule has 0 fully saturated rings. The van der Waals surface area contributed by atoms with Gasteiger partial charge in [-0.25, -0.2) is 4.98 Å². The molecule has 0 spiro atoms. The summed E-state index contributed by atoms with van der Waals surface area (Å²) in [5.41, 5.74) is 1.45. The summed E-state index contributed by atoms with van der Waals surface area (Å²) in [7, 11) is 3.10. The van der Waals surface area contributed by atoms with Crippen LogP contribution < -0.4 is 9.47 Å². The Morgan fingerprint density at radius 1 is 1.35 bits per heavy atom. The quantitative estimate of drug-likeness (QED) is 0.768. The summed E-state index contributed by atoms with van der Waals surface area (Å²) in [6, 6.07) is 3.46. The molecule has 1 heterocycles. The zero-order valence-corrected chi connectivity index (χ0v) is 13.8.